The maximum Gasteiger partial charge on any atom is 0.404 e. The summed E-state index contributed by atoms with van der Waals surface area (Å²) in [7, 11) is 0. The first-order valence-corrected chi connectivity index (χ1v) is 5.04. The fourth-order valence-corrected chi connectivity index (χ4v) is 1.33. The van der Waals surface area contributed by atoms with Gasteiger partial charge in [-0.2, -0.15) is 0 Å². The molecule has 17 heavy (non-hydrogen) atoms. The van der Waals surface area contributed by atoms with E-state index in [0.29, 0.717) is 0 Å². The van der Waals surface area contributed by atoms with E-state index < -0.39 is 6.09 Å². The van der Waals surface area contributed by atoms with Gasteiger partial charge in [-0.3, -0.25) is 9.97 Å². The zero-order valence-corrected chi connectivity index (χ0v) is 9.04. The Bertz CT molecular complexity index is 497. The summed E-state index contributed by atoms with van der Waals surface area (Å²) >= 11 is 0. The number of primary amides is 1. The number of amides is 1. The van der Waals surface area contributed by atoms with Crippen LogP contribution in [0.2, 0.25) is 0 Å². The number of carbonyl (C=O) groups is 1. The van der Waals surface area contributed by atoms with Crippen molar-refractivity contribution in [2.75, 3.05) is 0 Å². The van der Waals surface area contributed by atoms with Gasteiger partial charge in [-0.1, -0.05) is 12.1 Å². The van der Waals surface area contributed by atoms with Crippen molar-refractivity contribution in [1.82, 2.24) is 9.97 Å². The van der Waals surface area contributed by atoms with Gasteiger partial charge < -0.3 is 10.5 Å². The molecule has 0 aliphatic rings. The minimum atomic E-state index is -0.793. The van der Waals surface area contributed by atoms with E-state index in [-0.39, 0.29) is 6.61 Å². The maximum atomic E-state index is 10.4. The van der Waals surface area contributed by atoms with E-state index in [1.165, 1.54) is 0 Å². The number of nitrogens with zero attached hydrogens (tertiary/aromatic N) is 2. The summed E-state index contributed by atoms with van der Waals surface area (Å²) in [5.41, 5.74) is 7.22. The molecule has 2 heterocycles. The number of nitrogens with two attached hydrogens (primary N) is 1. The zero-order chi connectivity index (χ0) is 12.1. The molecule has 5 heteroatoms. The Morgan fingerprint density at radius 2 is 2.00 bits per heavy atom. The summed E-state index contributed by atoms with van der Waals surface area (Å²) in [6.07, 6.45) is 2.55. The number of carbonyl (C=O) groups excluding carboxylic acids is 1. The van der Waals surface area contributed by atoms with Gasteiger partial charge >= 0.3 is 6.09 Å². The molecule has 2 aromatic rings. The third-order valence-corrected chi connectivity index (χ3v) is 2.13. The summed E-state index contributed by atoms with van der Waals surface area (Å²) in [6.45, 7) is 0.130. The molecular formula is C12H11N3O2. The van der Waals surface area contributed by atoms with Gasteiger partial charge in [0.15, 0.2) is 0 Å². The smallest absolute Gasteiger partial charge is 0.404 e. The van der Waals surface area contributed by atoms with Crippen LogP contribution in [0, 0.1) is 0 Å². The van der Waals surface area contributed by atoms with Gasteiger partial charge in [0.1, 0.15) is 6.61 Å². The molecule has 0 aliphatic heterocycles. The monoisotopic (exact) mass is 229 g/mol. The summed E-state index contributed by atoms with van der Waals surface area (Å²) < 4.78 is 4.66. The molecule has 0 aliphatic carbocycles. The summed E-state index contributed by atoms with van der Waals surface area (Å²) in [5.74, 6) is 0. The predicted octanol–water partition coefficient (Wildman–Crippen LogP) is 1.74. The van der Waals surface area contributed by atoms with E-state index in [1.54, 1.807) is 12.4 Å². The summed E-state index contributed by atoms with van der Waals surface area (Å²) in [4.78, 5) is 18.8. The normalized spacial score (nSPS) is 9.88. The molecule has 2 N–H and O–H groups in total. The van der Waals surface area contributed by atoms with Crippen molar-refractivity contribution in [3.63, 3.8) is 0 Å². The van der Waals surface area contributed by atoms with E-state index >= 15 is 0 Å². The number of pyridine rings is 2. The molecule has 0 unspecified atom stereocenters. The van der Waals surface area contributed by atoms with Crippen molar-refractivity contribution in [1.29, 1.82) is 0 Å². The number of aromatic nitrogens is 2. The molecule has 0 saturated heterocycles. The van der Waals surface area contributed by atoms with Gasteiger partial charge in [0.05, 0.1) is 11.4 Å². The van der Waals surface area contributed by atoms with Crippen molar-refractivity contribution < 1.29 is 9.53 Å². The molecule has 0 atom stereocenters. The fraction of sp³-hybridized carbons (Fsp3) is 0.0833. The lowest BCUT2D eigenvalue weighted by Crippen LogP contribution is -2.12. The van der Waals surface area contributed by atoms with Gasteiger partial charge in [0.25, 0.3) is 0 Å². The lowest BCUT2D eigenvalue weighted by atomic mass is 10.2. The zero-order valence-electron chi connectivity index (χ0n) is 9.04. The average Bonchev–Trinajstić information content (AvgIpc) is 2.38. The second kappa shape index (κ2) is 5.07. The van der Waals surface area contributed by atoms with E-state index in [4.69, 9.17) is 5.73 Å². The molecule has 0 radical (unpaired) electrons. The number of ether oxygens (including phenoxy) is 1. The fourth-order valence-electron chi connectivity index (χ4n) is 1.33. The van der Waals surface area contributed by atoms with Crippen LogP contribution in [0.4, 0.5) is 4.79 Å². The van der Waals surface area contributed by atoms with Crippen molar-refractivity contribution in [3.8, 4) is 11.4 Å². The average molecular weight is 229 g/mol. The van der Waals surface area contributed by atoms with E-state index in [9.17, 15) is 4.79 Å². The van der Waals surface area contributed by atoms with Crippen LogP contribution in [0.25, 0.3) is 11.4 Å². The topological polar surface area (TPSA) is 78.1 Å². The molecule has 1 amide bonds. The highest BCUT2D eigenvalue weighted by Crippen LogP contribution is 2.13. The Morgan fingerprint density at radius 1 is 1.18 bits per heavy atom. The van der Waals surface area contributed by atoms with Gasteiger partial charge in [-0.15, -0.1) is 0 Å². The Hall–Kier alpha value is -2.43. The van der Waals surface area contributed by atoms with Crippen LogP contribution in [-0.4, -0.2) is 16.1 Å². The Kier molecular flexibility index (Phi) is 3.30. The molecule has 5 nitrogen and oxygen atoms in total. The maximum absolute atomic E-state index is 10.4. The van der Waals surface area contributed by atoms with Crippen molar-refractivity contribution in [3.05, 3.63) is 48.3 Å². The predicted molar refractivity (Wildman–Crippen MR) is 61.8 cm³/mol. The quantitative estimate of drug-likeness (QED) is 0.869. The largest absolute Gasteiger partial charge is 0.445 e. The van der Waals surface area contributed by atoms with Crippen LogP contribution in [0.3, 0.4) is 0 Å². The minimum absolute atomic E-state index is 0.130. The number of hydrogen-bond acceptors (Lipinski definition) is 4. The number of rotatable bonds is 3. The lowest BCUT2D eigenvalue weighted by Gasteiger charge is -2.03. The van der Waals surface area contributed by atoms with Gasteiger partial charge in [0.2, 0.25) is 0 Å². The van der Waals surface area contributed by atoms with Crippen molar-refractivity contribution >= 4 is 6.09 Å². The molecule has 0 bridgehead atoms. The Morgan fingerprint density at radius 3 is 2.59 bits per heavy atom. The molecule has 0 spiro atoms. The third kappa shape index (κ3) is 3.01. The Labute approximate surface area is 98.3 Å². The van der Waals surface area contributed by atoms with Crippen molar-refractivity contribution in [2.45, 2.75) is 6.61 Å². The highest BCUT2D eigenvalue weighted by atomic mass is 16.5. The molecule has 0 saturated carbocycles. The lowest BCUT2D eigenvalue weighted by molar-refractivity contribution is 0.150. The minimum Gasteiger partial charge on any atom is -0.445 e. The number of hydrogen-bond donors (Lipinski definition) is 1. The van der Waals surface area contributed by atoms with Gasteiger partial charge in [-0.05, 0) is 18.2 Å². The standard InChI is InChI=1S/C12H11N3O2/c13-12(16)17-8-9-4-5-11(15-7-9)10-3-1-2-6-14-10/h1-7H,8H2,(H2,13,16). The first-order chi connectivity index (χ1) is 8.25. The van der Waals surface area contributed by atoms with E-state index in [1.807, 2.05) is 30.3 Å². The second-order valence-corrected chi connectivity index (χ2v) is 3.37. The molecule has 0 fully saturated rings. The van der Waals surface area contributed by atoms with Crippen LogP contribution >= 0.6 is 0 Å². The molecule has 86 valence electrons. The van der Waals surface area contributed by atoms with E-state index in [0.717, 1.165) is 17.0 Å². The van der Waals surface area contributed by atoms with Crippen molar-refractivity contribution in [2.24, 2.45) is 5.73 Å². The SMILES string of the molecule is NC(=O)OCc1ccc(-c2ccccn2)nc1. The van der Waals surface area contributed by atoms with E-state index in [2.05, 4.69) is 14.7 Å². The van der Waals surface area contributed by atoms with Gasteiger partial charge in [-0.25, -0.2) is 4.79 Å². The first-order valence-electron chi connectivity index (χ1n) is 5.04. The molecule has 0 aromatic carbocycles. The third-order valence-electron chi connectivity index (χ3n) is 2.13. The molecule has 2 rings (SSSR count). The van der Waals surface area contributed by atoms with Crippen LogP contribution in [-0.2, 0) is 11.3 Å². The Balaban J connectivity index is 2.11. The van der Waals surface area contributed by atoms with Crippen LogP contribution < -0.4 is 5.73 Å². The van der Waals surface area contributed by atoms with Crippen LogP contribution in [0.5, 0.6) is 0 Å². The highest BCUT2D eigenvalue weighted by molar-refractivity contribution is 5.64. The van der Waals surface area contributed by atoms with Gasteiger partial charge in [0, 0.05) is 18.0 Å². The summed E-state index contributed by atoms with van der Waals surface area (Å²) in [6, 6.07) is 9.26. The second-order valence-electron chi connectivity index (χ2n) is 3.37. The highest BCUT2D eigenvalue weighted by Gasteiger charge is 2.01. The molecule has 2 aromatic heterocycles. The van der Waals surface area contributed by atoms with Crippen LogP contribution in [0.15, 0.2) is 42.7 Å². The molecular weight excluding hydrogens is 218 g/mol. The first kappa shape index (κ1) is 11.1. The summed E-state index contributed by atoms with van der Waals surface area (Å²) in [5, 5.41) is 0. The van der Waals surface area contributed by atoms with Crippen LogP contribution in [0.1, 0.15) is 5.56 Å².